The molecule has 0 aliphatic rings. The number of nitrogens with zero attached hydrogens (tertiary/aromatic N) is 1. The summed E-state index contributed by atoms with van der Waals surface area (Å²) in [5, 5.41) is 0.831. The predicted octanol–water partition coefficient (Wildman–Crippen LogP) is 4.79. The van der Waals surface area contributed by atoms with Crippen molar-refractivity contribution in [1.29, 1.82) is 0 Å². The molecule has 2 N–H and O–H groups in total. The first-order chi connectivity index (χ1) is 10.1. The van der Waals surface area contributed by atoms with Crippen molar-refractivity contribution in [2.75, 3.05) is 0 Å². The molecule has 110 valence electrons. The van der Waals surface area contributed by atoms with E-state index < -0.39 is 0 Å². The van der Waals surface area contributed by atoms with E-state index in [1.54, 1.807) is 12.1 Å². The number of nitrogens with two attached hydrogens (primary N) is 1. The van der Waals surface area contributed by atoms with Crippen molar-refractivity contribution in [3.8, 4) is 0 Å². The molecule has 2 aromatic rings. The zero-order valence-corrected chi connectivity index (χ0v) is 13.2. The highest BCUT2D eigenvalue weighted by Crippen LogP contribution is 2.25. The number of thioether (sulfide) groups is 1. The SMILES string of the molecule is C[C@H](N=C(N)SCc1c(F)cccc1Cl)c1ccccc1. The van der Waals surface area contributed by atoms with E-state index in [4.69, 9.17) is 17.3 Å². The Bertz CT molecular complexity index is 611. The van der Waals surface area contributed by atoms with Crippen LogP contribution in [0.5, 0.6) is 0 Å². The Balaban J connectivity index is 2.01. The fourth-order valence-electron chi connectivity index (χ4n) is 1.85. The van der Waals surface area contributed by atoms with Gasteiger partial charge < -0.3 is 5.73 Å². The topological polar surface area (TPSA) is 38.4 Å². The zero-order valence-electron chi connectivity index (χ0n) is 11.6. The summed E-state index contributed by atoms with van der Waals surface area (Å²) in [6, 6.07) is 14.5. The molecule has 0 saturated heterocycles. The van der Waals surface area contributed by atoms with Crippen LogP contribution in [-0.4, -0.2) is 5.17 Å². The highest BCUT2D eigenvalue weighted by molar-refractivity contribution is 8.13. The lowest BCUT2D eigenvalue weighted by molar-refractivity contribution is 0.617. The van der Waals surface area contributed by atoms with Crippen LogP contribution < -0.4 is 5.73 Å². The van der Waals surface area contributed by atoms with Gasteiger partial charge in [0.15, 0.2) is 5.17 Å². The minimum Gasteiger partial charge on any atom is -0.379 e. The molecule has 2 aromatic carbocycles. The van der Waals surface area contributed by atoms with Gasteiger partial charge in [-0.25, -0.2) is 4.39 Å². The molecule has 1 atom stereocenters. The molecule has 0 bridgehead atoms. The van der Waals surface area contributed by atoms with Gasteiger partial charge in [0.1, 0.15) is 5.82 Å². The highest BCUT2D eigenvalue weighted by atomic mass is 35.5. The second-order valence-electron chi connectivity index (χ2n) is 4.54. The van der Waals surface area contributed by atoms with Gasteiger partial charge in [0.25, 0.3) is 0 Å². The summed E-state index contributed by atoms with van der Waals surface area (Å²) in [5.41, 5.74) is 7.45. The number of aliphatic imine (C=N–C) groups is 1. The molecule has 0 saturated carbocycles. The molecular weight excluding hydrogens is 307 g/mol. The second-order valence-corrected chi connectivity index (χ2v) is 5.95. The Kier molecular flexibility index (Phi) is 5.65. The van der Waals surface area contributed by atoms with Gasteiger partial charge in [-0.15, -0.1) is 0 Å². The van der Waals surface area contributed by atoms with Crippen molar-refractivity contribution in [2.24, 2.45) is 10.7 Å². The van der Waals surface area contributed by atoms with E-state index in [1.807, 2.05) is 37.3 Å². The van der Waals surface area contributed by atoms with E-state index in [2.05, 4.69) is 4.99 Å². The van der Waals surface area contributed by atoms with Crippen LogP contribution in [0.1, 0.15) is 24.1 Å². The Morgan fingerprint density at radius 3 is 2.62 bits per heavy atom. The van der Waals surface area contributed by atoms with Crippen LogP contribution in [0, 0.1) is 5.82 Å². The lowest BCUT2D eigenvalue weighted by Gasteiger charge is -2.09. The number of benzene rings is 2. The molecule has 0 spiro atoms. The average molecular weight is 323 g/mol. The van der Waals surface area contributed by atoms with Crippen molar-refractivity contribution in [3.05, 3.63) is 70.5 Å². The first-order valence-corrected chi connectivity index (χ1v) is 7.88. The molecule has 0 heterocycles. The van der Waals surface area contributed by atoms with E-state index >= 15 is 0 Å². The zero-order chi connectivity index (χ0) is 15.2. The van der Waals surface area contributed by atoms with Gasteiger partial charge in [0, 0.05) is 16.3 Å². The standard InChI is InChI=1S/C16H16ClFN2S/c1-11(12-6-3-2-4-7-12)20-16(19)21-10-13-14(17)8-5-9-15(13)18/h2-9,11H,10H2,1H3,(H2,19,20)/t11-/m0/s1. The minimum absolute atomic E-state index is 0.0326. The highest BCUT2D eigenvalue weighted by Gasteiger charge is 2.09. The van der Waals surface area contributed by atoms with Crippen LogP contribution in [-0.2, 0) is 5.75 Å². The van der Waals surface area contributed by atoms with Crippen LogP contribution in [0.15, 0.2) is 53.5 Å². The molecule has 0 radical (unpaired) electrons. The fraction of sp³-hybridized carbons (Fsp3) is 0.188. The normalized spacial score (nSPS) is 13.2. The Morgan fingerprint density at radius 2 is 1.95 bits per heavy atom. The Morgan fingerprint density at radius 1 is 1.24 bits per heavy atom. The smallest absolute Gasteiger partial charge is 0.154 e. The predicted molar refractivity (Wildman–Crippen MR) is 89.2 cm³/mol. The first kappa shape index (κ1) is 15.9. The molecule has 0 aromatic heterocycles. The van der Waals surface area contributed by atoms with Crippen LogP contribution in [0.3, 0.4) is 0 Å². The third-order valence-corrected chi connectivity index (χ3v) is 4.22. The Hall–Kier alpha value is -1.52. The van der Waals surface area contributed by atoms with Crippen molar-refractivity contribution in [3.63, 3.8) is 0 Å². The van der Waals surface area contributed by atoms with E-state index in [-0.39, 0.29) is 11.9 Å². The number of hydrogen-bond donors (Lipinski definition) is 1. The third-order valence-electron chi connectivity index (χ3n) is 3.03. The molecule has 0 aliphatic carbocycles. The third kappa shape index (κ3) is 4.48. The molecule has 2 nitrogen and oxygen atoms in total. The molecule has 5 heteroatoms. The summed E-state index contributed by atoms with van der Waals surface area (Å²) < 4.78 is 13.6. The maximum absolute atomic E-state index is 13.6. The van der Waals surface area contributed by atoms with Crippen LogP contribution in [0.25, 0.3) is 0 Å². The molecule has 21 heavy (non-hydrogen) atoms. The molecular formula is C16H16ClFN2S. The average Bonchev–Trinajstić information content (AvgIpc) is 2.47. The van der Waals surface area contributed by atoms with Crippen molar-refractivity contribution in [2.45, 2.75) is 18.7 Å². The van der Waals surface area contributed by atoms with Crippen molar-refractivity contribution >= 4 is 28.5 Å². The molecule has 0 fully saturated rings. The number of amidine groups is 1. The van der Waals surface area contributed by atoms with Gasteiger partial charge in [-0.3, -0.25) is 4.99 Å². The maximum atomic E-state index is 13.6. The summed E-state index contributed by atoms with van der Waals surface area (Å²) in [6.07, 6.45) is 0. The van der Waals surface area contributed by atoms with Gasteiger partial charge in [-0.2, -0.15) is 0 Å². The van der Waals surface area contributed by atoms with E-state index in [0.717, 1.165) is 5.56 Å². The monoisotopic (exact) mass is 322 g/mol. The summed E-state index contributed by atoms with van der Waals surface area (Å²) in [7, 11) is 0. The minimum atomic E-state index is -0.320. The summed E-state index contributed by atoms with van der Waals surface area (Å²) in [5.74, 6) is 0.0430. The summed E-state index contributed by atoms with van der Waals surface area (Å²) >= 11 is 7.26. The number of rotatable bonds is 4. The number of halogens is 2. The lowest BCUT2D eigenvalue weighted by Crippen LogP contribution is -2.09. The van der Waals surface area contributed by atoms with Gasteiger partial charge in [-0.05, 0) is 24.6 Å². The summed E-state index contributed by atoms with van der Waals surface area (Å²) in [4.78, 5) is 4.41. The van der Waals surface area contributed by atoms with Gasteiger partial charge >= 0.3 is 0 Å². The van der Waals surface area contributed by atoms with Crippen LogP contribution in [0.4, 0.5) is 4.39 Å². The number of hydrogen-bond acceptors (Lipinski definition) is 2. The van der Waals surface area contributed by atoms with Crippen LogP contribution >= 0.6 is 23.4 Å². The van der Waals surface area contributed by atoms with Gasteiger partial charge in [0.2, 0.25) is 0 Å². The fourth-order valence-corrected chi connectivity index (χ4v) is 2.98. The van der Waals surface area contributed by atoms with Crippen LogP contribution in [0.2, 0.25) is 5.02 Å². The molecule has 0 unspecified atom stereocenters. The second kappa shape index (κ2) is 7.48. The van der Waals surface area contributed by atoms with Gasteiger partial charge in [0.05, 0.1) is 6.04 Å². The van der Waals surface area contributed by atoms with Crippen molar-refractivity contribution < 1.29 is 4.39 Å². The molecule has 2 rings (SSSR count). The van der Waals surface area contributed by atoms with Crippen molar-refractivity contribution in [1.82, 2.24) is 0 Å². The van der Waals surface area contributed by atoms with E-state index in [1.165, 1.54) is 17.8 Å². The maximum Gasteiger partial charge on any atom is 0.154 e. The molecule has 0 amide bonds. The molecule has 0 aliphatic heterocycles. The largest absolute Gasteiger partial charge is 0.379 e. The van der Waals surface area contributed by atoms with Gasteiger partial charge in [-0.1, -0.05) is 59.8 Å². The quantitative estimate of drug-likeness (QED) is 0.649. The van der Waals surface area contributed by atoms with E-state index in [9.17, 15) is 4.39 Å². The first-order valence-electron chi connectivity index (χ1n) is 6.52. The summed E-state index contributed by atoms with van der Waals surface area (Å²) in [6.45, 7) is 1.97. The van der Waals surface area contributed by atoms with E-state index in [0.29, 0.717) is 21.5 Å². The Labute approximate surface area is 133 Å². The lowest BCUT2D eigenvalue weighted by atomic mass is 10.1.